The molecule has 1 aromatic carbocycles. The number of methoxy groups -OCH3 is 1. The topological polar surface area (TPSA) is 60.2 Å². The van der Waals surface area contributed by atoms with Crippen molar-refractivity contribution in [3.63, 3.8) is 0 Å². The molecule has 2 aliphatic rings. The molecule has 1 aliphatic carbocycles. The number of hydrogen-bond acceptors (Lipinski definition) is 4. The molecule has 2 heterocycles. The fourth-order valence-corrected chi connectivity index (χ4v) is 4.79. The Balaban J connectivity index is 1.52. The molecule has 6 nitrogen and oxygen atoms in total. The lowest BCUT2D eigenvalue weighted by atomic mass is 9.62. The van der Waals surface area contributed by atoms with Crippen LogP contribution in [-0.2, 0) is 17.8 Å². The first kappa shape index (κ1) is 19.0. The minimum absolute atomic E-state index is 0.186. The number of amides is 1. The van der Waals surface area contributed by atoms with Gasteiger partial charge in [0.1, 0.15) is 17.9 Å². The van der Waals surface area contributed by atoms with E-state index >= 15 is 0 Å². The second-order valence-corrected chi connectivity index (χ2v) is 8.81. The molecule has 1 saturated heterocycles. The van der Waals surface area contributed by atoms with Crippen molar-refractivity contribution in [2.75, 3.05) is 20.2 Å². The maximum absolute atomic E-state index is 13.1. The zero-order valence-electron chi connectivity index (χ0n) is 17.1. The fourth-order valence-electron chi connectivity index (χ4n) is 4.79. The van der Waals surface area contributed by atoms with E-state index < -0.39 is 0 Å². The van der Waals surface area contributed by atoms with Crippen LogP contribution < -0.4 is 4.74 Å². The van der Waals surface area contributed by atoms with Crippen LogP contribution in [0.15, 0.2) is 30.6 Å². The predicted molar refractivity (Wildman–Crippen MR) is 107 cm³/mol. The first-order valence-corrected chi connectivity index (χ1v) is 10.3. The number of likely N-dealkylation sites (tertiary alicyclic amines) is 1. The van der Waals surface area contributed by atoms with E-state index in [0.29, 0.717) is 12.3 Å². The molecule has 1 unspecified atom stereocenters. The third-order valence-electron chi connectivity index (χ3n) is 6.36. The van der Waals surface area contributed by atoms with Gasteiger partial charge in [0.05, 0.1) is 13.5 Å². The van der Waals surface area contributed by atoms with Gasteiger partial charge in [-0.05, 0) is 41.9 Å². The molecule has 150 valence electrons. The van der Waals surface area contributed by atoms with E-state index in [1.165, 1.54) is 19.3 Å². The zero-order chi connectivity index (χ0) is 19.7. The molecule has 6 heteroatoms. The van der Waals surface area contributed by atoms with Crippen molar-refractivity contribution in [1.82, 2.24) is 19.7 Å². The summed E-state index contributed by atoms with van der Waals surface area (Å²) in [5, 5.41) is 8.68. The van der Waals surface area contributed by atoms with Crippen LogP contribution >= 0.6 is 0 Å². The summed E-state index contributed by atoms with van der Waals surface area (Å²) in [5.41, 5.74) is 1.18. The third kappa shape index (κ3) is 3.52. The lowest BCUT2D eigenvalue weighted by Crippen LogP contribution is -2.38. The summed E-state index contributed by atoms with van der Waals surface area (Å²) in [6.07, 6.45) is 5.86. The van der Waals surface area contributed by atoms with Gasteiger partial charge in [0, 0.05) is 25.6 Å². The van der Waals surface area contributed by atoms with Crippen LogP contribution in [0.2, 0.25) is 0 Å². The monoisotopic (exact) mass is 382 g/mol. The van der Waals surface area contributed by atoms with Crippen LogP contribution in [0.25, 0.3) is 0 Å². The maximum atomic E-state index is 13.1. The molecular weight excluding hydrogens is 352 g/mol. The highest BCUT2D eigenvalue weighted by Gasteiger charge is 2.53. The van der Waals surface area contributed by atoms with E-state index in [9.17, 15) is 4.79 Å². The second-order valence-electron chi connectivity index (χ2n) is 8.81. The van der Waals surface area contributed by atoms with E-state index in [4.69, 9.17) is 4.74 Å². The van der Waals surface area contributed by atoms with Crippen molar-refractivity contribution in [1.29, 1.82) is 0 Å². The Morgan fingerprint density at radius 1 is 1.36 bits per heavy atom. The van der Waals surface area contributed by atoms with Crippen molar-refractivity contribution >= 4 is 5.91 Å². The highest BCUT2D eigenvalue weighted by molar-refractivity contribution is 5.79. The molecule has 2 fully saturated rings. The van der Waals surface area contributed by atoms with E-state index in [-0.39, 0.29) is 17.2 Å². The number of hydrogen-bond donors (Lipinski definition) is 0. The number of ether oxygens (including phenoxy) is 1. The van der Waals surface area contributed by atoms with Crippen LogP contribution in [0.1, 0.15) is 50.4 Å². The molecule has 4 rings (SSSR count). The van der Waals surface area contributed by atoms with Gasteiger partial charge < -0.3 is 14.2 Å². The van der Waals surface area contributed by atoms with E-state index in [1.54, 1.807) is 7.11 Å². The highest BCUT2D eigenvalue weighted by Crippen LogP contribution is 2.55. The van der Waals surface area contributed by atoms with Crippen LogP contribution in [0.5, 0.6) is 5.75 Å². The smallest absolute Gasteiger partial charge is 0.227 e. The number of aromatic nitrogens is 3. The Morgan fingerprint density at radius 2 is 2.18 bits per heavy atom. The molecule has 0 radical (unpaired) electrons. The van der Waals surface area contributed by atoms with Crippen molar-refractivity contribution in [2.24, 2.45) is 11.3 Å². The first-order valence-electron chi connectivity index (χ1n) is 10.3. The lowest BCUT2D eigenvalue weighted by molar-refractivity contribution is -0.130. The molecule has 1 aromatic heterocycles. The van der Waals surface area contributed by atoms with Gasteiger partial charge >= 0.3 is 0 Å². The minimum atomic E-state index is 0.186. The predicted octanol–water partition coefficient (Wildman–Crippen LogP) is 3.28. The molecule has 2 aromatic rings. The van der Waals surface area contributed by atoms with Crippen LogP contribution in [0.3, 0.4) is 0 Å². The van der Waals surface area contributed by atoms with Gasteiger partial charge in [-0.2, -0.15) is 0 Å². The summed E-state index contributed by atoms with van der Waals surface area (Å²) in [5.74, 6) is 2.87. The Kier molecular flexibility index (Phi) is 5.13. The van der Waals surface area contributed by atoms with E-state index in [1.807, 2.05) is 30.6 Å². The van der Waals surface area contributed by atoms with Gasteiger partial charge in [0.2, 0.25) is 5.91 Å². The Morgan fingerprint density at radius 3 is 2.86 bits per heavy atom. The second kappa shape index (κ2) is 7.57. The van der Waals surface area contributed by atoms with Gasteiger partial charge in [-0.3, -0.25) is 4.79 Å². The van der Waals surface area contributed by atoms with E-state index in [2.05, 4.69) is 33.5 Å². The summed E-state index contributed by atoms with van der Waals surface area (Å²) in [7, 11) is 1.65. The number of rotatable bonds is 6. The molecule has 1 atom stereocenters. The average Bonchev–Trinajstić information content (AvgIpc) is 3.25. The van der Waals surface area contributed by atoms with Crippen molar-refractivity contribution < 1.29 is 9.53 Å². The summed E-state index contributed by atoms with van der Waals surface area (Å²) in [4.78, 5) is 15.1. The lowest BCUT2D eigenvalue weighted by Gasteiger charge is -2.42. The van der Waals surface area contributed by atoms with Crippen LogP contribution in [0, 0.1) is 11.3 Å². The van der Waals surface area contributed by atoms with E-state index in [0.717, 1.165) is 36.8 Å². The van der Waals surface area contributed by atoms with Gasteiger partial charge in [0.15, 0.2) is 0 Å². The highest BCUT2D eigenvalue weighted by atomic mass is 16.5. The van der Waals surface area contributed by atoms with Crippen molar-refractivity contribution in [3.05, 3.63) is 42.0 Å². The largest absolute Gasteiger partial charge is 0.497 e. The number of nitrogens with zero attached hydrogens (tertiary/aromatic N) is 4. The zero-order valence-corrected chi connectivity index (χ0v) is 17.1. The van der Waals surface area contributed by atoms with Crippen molar-refractivity contribution in [3.8, 4) is 5.75 Å². The molecule has 1 amide bonds. The molecule has 28 heavy (non-hydrogen) atoms. The Bertz CT molecular complexity index is 841. The third-order valence-corrected chi connectivity index (χ3v) is 6.36. The average molecular weight is 383 g/mol. The maximum Gasteiger partial charge on any atom is 0.227 e. The molecule has 1 spiro atoms. The van der Waals surface area contributed by atoms with Gasteiger partial charge in [0.25, 0.3) is 0 Å². The summed E-state index contributed by atoms with van der Waals surface area (Å²) in [6, 6.07) is 7.79. The van der Waals surface area contributed by atoms with Crippen LogP contribution in [0.4, 0.5) is 0 Å². The normalized spacial score (nSPS) is 20.6. The van der Waals surface area contributed by atoms with Gasteiger partial charge in [-0.15, -0.1) is 10.2 Å². The SMILES string of the molecule is COc1cccc(CC(=O)N2CC(c3nncn3CC(C)C)C3(CCC3)C2)c1. The van der Waals surface area contributed by atoms with Gasteiger partial charge in [-0.1, -0.05) is 32.4 Å². The standard InChI is InChI=1S/C22H30N4O2/c1-16(2)12-26-15-23-24-21(26)19-13-25(14-22(19)8-5-9-22)20(27)11-17-6-4-7-18(10-17)28-3/h4,6-7,10,15-16,19H,5,8-9,11-14H2,1-3H3. The van der Waals surface area contributed by atoms with Crippen LogP contribution in [-0.4, -0.2) is 45.8 Å². The minimum Gasteiger partial charge on any atom is -0.497 e. The number of carbonyl (C=O) groups is 1. The summed E-state index contributed by atoms with van der Waals surface area (Å²) in [6.45, 7) is 6.93. The Hall–Kier alpha value is -2.37. The first-order chi connectivity index (χ1) is 13.5. The summed E-state index contributed by atoms with van der Waals surface area (Å²) >= 11 is 0. The molecule has 1 saturated carbocycles. The van der Waals surface area contributed by atoms with Crippen molar-refractivity contribution in [2.45, 2.75) is 52.0 Å². The number of carbonyl (C=O) groups excluding carboxylic acids is 1. The quantitative estimate of drug-likeness (QED) is 0.769. The molecular formula is C22H30N4O2. The Labute approximate surface area is 166 Å². The molecule has 0 bridgehead atoms. The van der Waals surface area contributed by atoms with Gasteiger partial charge in [-0.25, -0.2) is 0 Å². The molecule has 0 N–H and O–H groups in total. The molecule has 1 aliphatic heterocycles. The fraction of sp³-hybridized carbons (Fsp3) is 0.591. The summed E-state index contributed by atoms with van der Waals surface area (Å²) < 4.78 is 7.49. The number of benzene rings is 1.